The van der Waals surface area contributed by atoms with Gasteiger partial charge in [0.15, 0.2) is 0 Å². The van der Waals surface area contributed by atoms with Crippen LogP contribution >= 0.6 is 11.3 Å². The molecule has 0 saturated carbocycles. The van der Waals surface area contributed by atoms with E-state index in [-0.39, 0.29) is 5.91 Å². The molecule has 0 aromatic carbocycles. The zero-order chi connectivity index (χ0) is 15.5. The molecule has 1 saturated heterocycles. The van der Waals surface area contributed by atoms with Crippen molar-refractivity contribution in [1.29, 1.82) is 0 Å². The molecule has 0 N–H and O–H groups in total. The Kier molecular flexibility index (Phi) is 4.62. The summed E-state index contributed by atoms with van der Waals surface area (Å²) >= 11 is 1.57. The lowest BCUT2D eigenvalue weighted by Gasteiger charge is -2.36. The van der Waals surface area contributed by atoms with Crippen molar-refractivity contribution in [3.63, 3.8) is 0 Å². The Morgan fingerprint density at radius 2 is 2.27 bits per heavy atom. The monoisotopic (exact) mass is 317 g/mol. The SMILES string of the molecule is Cc1ccsc1C(=O)N1CCCC[C@H]1CCn1ccnc1C. The molecule has 0 bridgehead atoms. The summed E-state index contributed by atoms with van der Waals surface area (Å²) in [5.41, 5.74) is 1.10. The Bertz CT molecular complexity index is 646. The van der Waals surface area contributed by atoms with E-state index in [1.165, 1.54) is 6.42 Å². The Balaban J connectivity index is 1.70. The molecule has 118 valence electrons. The molecule has 3 rings (SSSR count). The van der Waals surface area contributed by atoms with Gasteiger partial charge in [0.1, 0.15) is 5.82 Å². The molecule has 2 aromatic rings. The van der Waals surface area contributed by atoms with E-state index in [0.29, 0.717) is 6.04 Å². The molecule has 0 radical (unpaired) electrons. The maximum atomic E-state index is 12.8. The van der Waals surface area contributed by atoms with Crippen LogP contribution in [-0.2, 0) is 6.54 Å². The van der Waals surface area contributed by atoms with Gasteiger partial charge in [-0.15, -0.1) is 11.3 Å². The molecule has 0 unspecified atom stereocenters. The molecule has 2 aromatic heterocycles. The molecule has 0 spiro atoms. The number of rotatable bonds is 4. The van der Waals surface area contributed by atoms with Crippen molar-refractivity contribution in [2.75, 3.05) is 6.54 Å². The molecule has 1 aliphatic rings. The van der Waals surface area contributed by atoms with Crippen molar-refractivity contribution in [3.05, 3.63) is 40.1 Å². The summed E-state index contributed by atoms with van der Waals surface area (Å²) in [6.07, 6.45) is 8.33. The van der Waals surface area contributed by atoms with E-state index in [4.69, 9.17) is 0 Å². The first kappa shape index (κ1) is 15.3. The predicted octanol–water partition coefficient (Wildman–Crippen LogP) is 3.65. The number of thiophene rings is 1. The highest BCUT2D eigenvalue weighted by Gasteiger charge is 2.28. The average molecular weight is 317 g/mol. The Labute approximate surface area is 135 Å². The van der Waals surface area contributed by atoms with Gasteiger partial charge in [0.05, 0.1) is 4.88 Å². The lowest BCUT2D eigenvalue weighted by Crippen LogP contribution is -2.44. The van der Waals surface area contributed by atoms with Gasteiger partial charge >= 0.3 is 0 Å². The Morgan fingerprint density at radius 3 is 2.95 bits per heavy atom. The highest BCUT2D eigenvalue weighted by molar-refractivity contribution is 7.12. The molecule has 4 nitrogen and oxygen atoms in total. The van der Waals surface area contributed by atoms with Crippen molar-refractivity contribution < 1.29 is 4.79 Å². The molecule has 1 amide bonds. The van der Waals surface area contributed by atoms with Crippen molar-refractivity contribution in [1.82, 2.24) is 14.5 Å². The lowest BCUT2D eigenvalue weighted by molar-refractivity contribution is 0.0599. The van der Waals surface area contributed by atoms with E-state index < -0.39 is 0 Å². The third kappa shape index (κ3) is 3.09. The summed E-state index contributed by atoms with van der Waals surface area (Å²) in [5, 5.41) is 2.01. The number of nitrogens with zero attached hydrogens (tertiary/aromatic N) is 3. The number of hydrogen-bond acceptors (Lipinski definition) is 3. The van der Waals surface area contributed by atoms with E-state index in [0.717, 1.165) is 48.6 Å². The van der Waals surface area contributed by atoms with Gasteiger partial charge in [0.25, 0.3) is 5.91 Å². The van der Waals surface area contributed by atoms with Crippen LogP contribution in [0.5, 0.6) is 0 Å². The van der Waals surface area contributed by atoms with Gasteiger partial charge in [-0.05, 0) is 56.5 Å². The highest BCUT2D eigenvalue weighted by atomic mass is 32.1. The third-order valence-corrected chi connectivity index (χ3v) is 5.58. The van der Waals surface area contributed by atoms with E-state index in [1.807, 2.05) is 37.7 Å². The summed E-state index contributed by atoms with van der Waals surface area (Å²) in [6.45, 7) is 5.88. The number of aromatic nitrogens is 2. The average Bonchev–Trinajstić information content (AvgIpc) is 3.13. The summed E-state index contributed by atoms with van der Waals surface area (Å²) < 4.78 is 2.17. The molecular weight excluding hydrogens is 294 g/mol. The molecule has 5 heteroatoms. The minimum Gasteiger partial charge on any atom is -0.335 e. The number of likely N-dealkylation sites (tertiary alicyclic amines) is 1. The van der Waals surface area contributed by atoms with Crippen LogP contribution in [0.1, 0.15) is 46.7 Å². The number of aryl methyl sites for hydroxylation is 3. The number of amides is 1. The minimum absolute atomic E-state index is 0.222. The second kappa shape index (κ2) is 6.65. The second-order valence-electron chi connectivity index (χ2n) is 6.04. The summed E-state index contributed by atoms with van der Waals surface area (Å²) in [5.74, 6) is 1.27. The minimum atomic E-state index is 0.222. The van der Waals surface area contributed by atoms with Crippen LogP contribution in [0.4, 0.5) is 0 Å². The summed E-state index contributed by atoms with van der Waals surface area (Å²) in [6, 6.07) is 2.38. The fraction of sp³-hybridized carbons (Fsp3) is 0.529. The quantitative estimate of drug-likeness (QED) is 0.863. The van der Waals surface area contributed by atoms with Gasteiger partial charge in [-0.25, -0.2) is 4.98 Å². The summed E-state index contributed by atoms with van der Waals surface area (Å²) in [4.78, 5) is 20.1. The first-order valence-electron chi connectivity index (χ1n) is 7.99. The highest BCUT2D eigenvalue weighted by Crippen LogP contribution is 2.26. The summed E-state index contributed by atoms with van der Waals surface area (Å²) in [7, 11) is 0. The van der Waals surface area contributed by atoms with E-state index in [2.05, 4.69) is 14.5 Å². The van der Waals surface area contributed by atoms with Crippen LogP contribution in [0, 0.1) is 13.8 Å². The molecule has 1 atom stereocenters. The van der Waals surface area contributed by atoms with Crippen molar-refractivity contribution in [2.24, 2.45) is 0 Å². The fourth-order valence-corrected chi connectivity index (χ4v) is 4.10. The molecule has 3 heterocycles. The van der Waals surface area contributed by atoms with Crippen LogP contribution in [0.25, 0.3) is 0 Å². The Hall–Kier alpha value is -1.62. The molecule has 1 fully saturated rings. The van der Waals surface area contributed by atoms with E-state index >= 15 is 0 Å². The first-order valence-corrected chi connectivity index (χ1v) is 8.87. The van der Waals surface area contributed by atoms with Crippen molar-refractivity contribution in [2.45, 2.75) is 52.1 Å². The zero-order valence-electron chi connectivity index (χ0n) is 13.3. The molecule has 0 aliphatic carbocycles. The van der Waals surface area contributed by atoms with Crippen LogP contribution in [0.2, 0.25) is 0 Å². The standard InChI is InChI=1S/C17H23N3OS/c1-13-7-12-22-16(13)17(21)20-9-4-3-5-15(20)6-10-19-11-8-18-14(19)2/h7-8,11-12,15H,3-6,9-10H2,1-2H3/t15-/m0/s1. The van der Waals surface area contributed by atoms with Gasteiger partial charge in [-0.2, -0.15) is 0 Å². The molecule has 22 heavy (non-hydrogen) atoms. The molecule has 1 aliphatic heterocycles. The number of hydrogen-bond donors (Lipinski definition) is 0. The van der Waals surface area contributed by atoms with Gasteiger partial charge in [-0.3, -0.25) is 4.79 Å². The fourth-order valence-electron chi connectivity index (χ4n) is 3.22. The molecular formula is C17H23N3OS. The normalized spacial score (nSPS) is 18.6. The van der Waals surface area contributed by atoms with Crippen LogP contribution in [0.3, 0.4) is 0 Å². The van der Waals surface area contributed by atoms with Crippen molar-refractivity contribution >= 4 is 17.2 Å². The number of imidazole rings is 1. The van der Waals surface area contributed by atoms with Crippen LogP contribution in [-0.4, -0.2) is 32.9 Å². The van der Waals surface area contributed by atoms with E-state index in [1.54, 1.807) is 11.3 Å². The van der Waals surface area contributed by atoms with Gasteiger partial charge in [0.2, 0.25) is 0 Å². The Morgan fingerprint density at radius 1 is 1.41 bits per heavy atom. The third-order valence-electron chi connectivity index (χ3n) is 4.57. The topological polar surface area (TPSA) is 38.1 Å². The van der Waals surface area contributed by atoms with E-state index in [9.17, 15) is 4.79 Å². The smallest absolute Gasteiger partial charge is 0.264 e. The largest absolute Gasteiger partial charge is 0.335 e. The van der Waals surface area contributed by atoms with Crippen molar-refractivity contribution in [3.8, 4) is 0 Å². The second-order valence-corrected chi connectivity index (χ2v) is 6.95. The maximum Gasteiger partial charge on any atom is 0.264 e. The van der Waals surface area contributed by atoms with Gasteiger partial charge in [0, 0.05) is 31.5 Å². The maximum absolute atomic E-state index is 12.8. The lowest BCUT2D eigenvalue weighted by atomic mass is 9.98. The number of carbonyl (C=O) groups excluding carboxylic acids is 1. The predicted molar refractivity (Wildman–Crippen MR) is 89.3 cm³/mol. The number of carbonyl (C=O) groups is 1. The van der Waals surface area contributed by atoms with Crippen LogP contribution in [0.15, 0.2) is 23.8 Å². The van der Waals surface area contributed by atoms with Gasteiger partial charge in [-0.1, -0.05) is 0 Å². The number of piperidine rings is 1. The first-order chi connectivity index (χ1) is 10.7. The zero-order valence-corrected chi connectivity index (χ0v) is 14.1. The van der Waals surface area contributed by atoms with Crippen LogP contribution < -0.4 is 0 Å². The van der Waals surface area contributed by atoms with Gasteiger partial charge < -0.3 is 9.47 Å².